The van der Waals surface area contributed by atoms with Crippen molar-refractivity contribution < 1.29 is 9.72 Å². The number of nitrogens with one attached hydrogen (secondary N) is 1. The summed E-state index contributed by atoms with van der Waals surface area (Å²) in [6.07, 6.45) is 0.191. The molecule has 0 saturated carbocycles. The van der Waals surface area contributed by atoms with Crippen LogP contribution in [-0.4, -0.2) is 17.4 Å². The Balaban J connectivity index is 2.66. The molecule has 16 heavy (non-hydrogen) atoms. The van der Waals surface area contributed by atoms with Gasteiger partial charge >= 0.3 is 0 Å². The normalized spacial score (nSPS) is 9.75. The van der Waals surface area contributed by atoms with E-state index in [0.29, 0.717) is 12.2 Å². The number of nitrogens with zero attached hydrogens (tertiary/aromatic N) is 1. The van der Waals surface area contributed by atoms with Crippen molar-refractivity contribution >= 4 is 23.0 Å². The quantitative estimate of drug-likeness (QED) is 0.380. The number of benzene rings is 1. The second-order valence-electron chi connectivity index (χ2n) is 3.17. The van der Waals surface area contributed by atoms with Crippen LogP contribution in [0.25, 0.3) is 0 Å². The predicted octanol–water partition coefficient (Wildman–Crippen LogP) is 0.464. The Morgan fingerprint density at radius 1 is 1.50 bits per heavy atom. The van der Waals surface area contributed by atoms with Crippen molar-refractivity contribution in [1.29, 1.82) is 0 Å². The Morgan fingerprint density at radius 2 is 2.19 bits per heavy atom. The number of nitrogen functional groups attached to an aromatic ring is 1. The van der Waals surface area contributed by atoms with E-state index in [1.54, 1.807) is 0 Å². The SMILES string of the molecule is NC(=O)CCNc1ccc([N+](=O)[O-])c(N)c1. The monoisotopic (exact) mass is 224 g/mol. The van der Waals surface area contributed by atoms with Gasteiger partial charge in [0.15, 0.2) is 0 Å². The van der Waals surface area contributed by atoms with E-state index in [1.807, 2.05) is 0 Å². The lowest BCUT2D eigenvalue weighted by atomic mass is 10.2. The Kier molecular flexibility index (Phi) is 3.65. The summed E-state index contributed by atoms with van der Waals surface area (Å²) >= 11 is 0. The second-order valence-corrected chi connectivity index (χ2v) is 3.17. The lowest BCUT2D eigenvalue weighted by Crippen LogP contribution is -2.15. The van der Waals surface area contributed by atoms with Crippen LogP contribution in [0.4, 0.5) is 17.1 Å². The number of nitrogens with two attached hydrogens (primary N) is 2. The van der Waals surface area contributed by atoms with Gasteiger partial charge < -0.3 is 16.8 Å². The Labute approximate surface area is 91.6 Å². The first-order valence-electron chi connectivity index (χ1n) is 4.57. The molecule has 0 radical (unpaired) electrons. The van der Waals surface area contributed by atoms with Gasteiger partial charge in [-0.3, -0.25) is 14.9 Å². The highest BCUT2D eigenvalue weighted by molar-refractivity contribution is 5.74. The van der Waals surface area contributed by atoms with E-state index < -0.39 is 10.8 Å². The number of primary amides is 1. The summed E-state index contributed by atoms with van der Waals surface area (Å²) in [5.41, 5.74) is 11.0. The number of anilines is 2. The number of amides is 1. The lowest BCUT2D eigenvalue weighted by molar-refractivity contribution is -0.383. The lowest BCUT2D eigenvalue weighted by Gasteiger charge is -2.05. The van der Waals surface area contributed by atoms with Gasteiger partial charge in [0.2, 0.25) is 5.91 Å². The fourth-order valence-corrected chi connectivity index (χ4v) is 1.16. The Hall–Kier alpha value is -2.31. The van der Waals surface area contributed by atoms with Crippen molar-refractivity contribution in [2.45, 2.75) is 6.42 Å². The van der Waals surface area contributed by atoms with Crippen molar-refractivity contribution in [2.75, 3.05) is 17.6 Å². The molecule has 1 amide bonds. The molecule has 0 fully saturated rings. The largest absolute Gasteiger partial charge is 0.393 e. The number of hydrogen-bond acceptors (Lipinski definition) is 5. The molecule has 0 heterocycles. The van der Waals surface area contributed by atoms with E-state index in [9.17, 15) is 14.9 Å². The molecular weight excluding hydrogens is 212 g/mol. The molecule has 1 aromatic rings. The average Bonchev–Trinajstić information content (AvgIpc) is 2.16. The molecule has 0 aliphatic carbocycles. The van der Waals surface area contributed by atoms with Crippen LogP contribution in [0.3, 0.4) is 0 Å². The number of rotatable bonds is 5. The molecule has 0 aliphatic rings. The molecule has 7 nitrogen and oxygen atoms in total. The van der Waals surface area contributed by atoms with Crippen LogP contribution < -0.4 is 16.8 Å². The minimum atomic E-state index is -0.553. The molecule has 0 unspecified atom stereocenters. The third-order valence-corrected chi connectivity index (χ3v) is 1.92. The molecule has 0 aromatic heterocycles. The van der Waals surface area contributed by atoms with E-state index in [-0.39, 0.29) is 17.8 Å². The molecule has 0 saturated heterocycles. The van der Waals surface area contributed by atoms with E-state index in [0.717, 1.165) is 0 Å². The van der Waals surface area contributed by atoms with Crippen LogP contribution in [-0.2, 0) is 4.79 Å². The molecule has 1 aromatic carbocycles. The van der Waals surface area contributed by atoms with Crippen LogP contribution in [0.2, 0.25) is 0 Å². The summed E-state index contributed by atoms with van der Waals surface area (Å²) < 4.78 is 0. The van der Waals surface area contributed by atoms with Crippen LogP contribution >= 0.6 is 0 Å². The van der Waals surface area contributed by atoms with Gasteiger partial charge in [0, 0.05) is 24.7 Å². The second kappa shape index (κ2) is 4.96. The smallest absolute Gasteiger partial charge is 0.292 e. The molecule has 7 heteroatoms. The number of carbonyl (C=O) groups excluding carboxylic acids is 1. The summed E-state index contributed by atoms with van der Waals surface area (Å²) in [5, 5.41) is 13.4. The molecule has 0 atom stereocenters. The summed E-state index contributed by atoms with van der Waals surface area (Å²) in [7, 11) is 0. The molecule has 0 bridgehead atoms. The summed E-state index contributed by atoms with van der Waals surface area (Å²) in [5.74, 6) is -0.414. The van der Waals surface area contributed by atoms with E-state index >= 15 is 0 Å². The minimum Gasteiger partial charge on any atom is -0.393 e. The highest BCUT2D eigenvalue weighted by atomic mass is 16.6. The van der Waals surface area contributed by atoms with Gasteiger partial charge in [0.25, 0.3) is 5.69 Å². The van der Waals surface area contributed by atoms with Gasteiger partial charge in [-0.15, -0.1) is 0 Å². The number of hydrogen-bond donors (Lipinski definition) is 3. The van der Waals surface area contributed by atoms with Gasteiger partial charge in [-0.25, -0.2) is 0 Å². The maximum atomic E-state index is 10.5. The van der Waals surface area contributed by atoms with Crippen molar-refractivity contribution in [3.8, 4) is 0 Å². The third kappa shape index (κ3) is 3.12. The highest BCUT2D eigenvalue weighted by Crippen LogP contribution is 2.24. The maximum Gasteiger partial charge on any atom is 0.292 e. The summed E-state index contributed by atoms with van der Waals surface area (Å²) in [4.78, 5) is 20.4. The summed E-state index contributed by atoms with van der Waals surface area (Å²) in [6, 6.07) is 4.27. The number of nitro benzene ring substituents is 1. The molecule has 1 rings (SSSR count). The van der Waals surface area contributed by atoms with Gasteiger partial charge in [-0.1, -0.05) is 0 Å². The van der Waals surface area contributed by atoms with Crippen molar-refractivity contribution in [1.82, 2.24) is 0 Å². The van der Waals surface area contributed by atoms with Crippen LogP contribution in [0.5, 0.6) is 0 Å². The zero-order chi connectivity index (χ0) is 12.1. The molecule has 5 N–H and O–H groups in total. The van der Waals surface area contributed by atoms with E-state index in [2.05, 4.69) is 5.32 Å². The summed E-state index contributed by atoms with van der Waals surface area (Å²) in [6.45, 7) is 0.368. The zero-order valence-electron chi connectivity index (χ0n) is 8.47. The van der Waals surface area contributed by atoms with E-state index in [4.69, 9.17) is 11.5 Å². The van der Waals surface area contributed by atoms with Gasteiger partial charge in [0.05, 0.1) is 4.92 Å². The van der Waals surface area contributed by atoms with Gasteiger partial charge in [0.1, 0.15) is 5.69 Å². The minimum absolute atomic E-state index is 0.0778. The molecular formula is C9H12N4O3. The Morgan fingerprint density at radius 3 is 2.69 bits per heavy atom. The van der Waals surface area contributed by atoms with Gasteiger partial charge in [-0.2, -0.15) is 0 Å². The van der Waals surface area contributed by atoms with Crippen LogP contribution in [0.1, 0.15) is 6.42 Å². The topological polar surface area (TPSA) is 124 Å². The third-order valence-electron chi connectivity index (χ3n) is 1.92. The highest BCUT2D eigenvalue weighted by Gasteiger charge is 2.10. The predicted molar refractivity (Wildman–Crippen MR) is 59.8 cm³/mol. The molecule has 0 spiro atoms. The number of carbonyl (C=O) groups is 1. The standard InChI is InChI=1S/C9H12N4O3/c10-7-5-6(12-4-3-9(11)14)1-2-8(7)13(15)16/h1-2,5,12H,3-4,10H2,(H2,11,14). The fourth-order valence-electron chi connectivity index (χ4n) is 1.16. The molecule has 86 valence electrons. The first-order valence-corrected chi connectivity index (χ1v) is 4.57. The fraction of sp³-hybridized carbons (Fsp3) is 0.222. The average molecular weight is 224 g/mol. The Bertz CT molecular complexity index is 419. The maximum absolute atomic E-state index is 10.5. The van der Waals surface area contributed by atoms with E-state index in [1.165, 1.54) is 18.2 Å². The van der Waals surface area contributed by atoms with Crippen LogP contribution in [0, 0.1) is 10.1 Å². The van der Waals surface area contributed by atoms with Crippen molar-refractivity contribution in [2.24, 2.45) is 5.73 Å². The van der Waals surface area contributed by atoms with Gasteiger partial charge in [-0.05, 0) is 12.1 Å². The van der Waals surface area contributed by atoms with Crippen molar-refractivity contribution in [3.63, 3.8) is 0 Å². The zero-order valence-corrected chi connectivity index (χ0v) is 8.47. The first-order chi connectivity index (χ1) is 7.50. The number of nitro groups is 1. The molecule has 0 aliphatic heterocycles. The van der Waals surface area contributed by atoms with Crippen molar-refractivity contribution in [3.05, 3.63) is 28.3 Å². The first kappa shape index (κ1) is 11.8. The van der Waals surface area contributed by atoms with Crippen LogP contribution in [0.15, 0.2) is 18.2 Å².